The molecule has 0 bridgehead atoms. The van der Waals surface area contributed by atoms with E-state index in [0.29, 0.717) is 39.7 Å². The maximum atomic E-state index is 13.5. The highest BCUT2D eigenvalue weighted by atomic mass is 32.1. The van der Waals surface area contributed by atoms with E-state index in [-0.39, 0.29) is 23.5 Å². The van der Waals surface area contributed by atoms with Crippen molar-refractivity contribution in [1.29, 1.82) is 5.26 Å². The van der Waals surface area contributed by atoms with E-state index in [0.717, 1.165) is 29.6 Å². The molecule has 6 rings (SSSR count). The number of ether oxygens (including phenoxy) is 1. The highest BCUT2D eigenvalue weighted by molar-refractivity contribution is 7.16. The van der Waals surface area contributed by atoms with Gasteiger partial charge in [0.05, 0.1) is 11.7 Å². The Bertz CT molecular complexity index is 1780. The second-order valence-corrected chi connectivity index (χ2v) is 12.8. The van der Waals surface area contributed by atoms with Crippen LogP contribution in [0.25, 0.3) is 22.0 Å². The Morgan fingerprint density at radius 3 is 2.52 bits per heavy atom. The zero-order valence-corrected chi connectivity index (χ0v) is 24.7. The van der Waals surface area contributed by atoms with E-state index in [4.69, 9.17) is 9.72 Å². The number of hydrogen-bond donors (Lipinski definition) is 1. The average molecular weight is 587 g/mol. The van der Waals surface area contributed by atoms with Crippen LogP contribution in [0.5, 0.6) is 0 Å². The molecule has 9 nitrogen and oxygen atoms in total. The molecule has 1 aliphatic heterocycles. The van der Waals surface area contributed by atoms with Gasteiger partial charge in [0.1, 0.15) is 28.1 Å². The number of thiazole rings is 1. The molecule has 0 radical (unpaired) electrons. The lowest BCUT2D eigenvalue weighted by Crippen LogP contribution is -2.60. The minimum Gasteiger partial charge on any atom is -0.444 e. The lowest BCUT2D eigenvalue weighted by Gasteiger charge is -2.41. The van der Waals surface area contributed by atoms with Gasteiger partial charge < -0.3 is 24.4 Å². The van der Waals surface area contributed by atoms with Crippen molar-refractivity contribution in [3.63, 3.8) is 0 Å². The molecular weight excluding hydrogens is 555 g/mol. The molecule has 42 heavy (non-hydrogen) atoms. The normalized spacial score (nSPS) is 15.3. The topological polar surface area (TPSA) is 103 Å². The summed E-state index contributed by atoms with van der Waals surface area (Å²) in [6.07, 6.45) is 3.36. The molecule has 1 N–H and O–H groups in total. The number of carbonyl (C=O) groups is 1. The van der Waals surface area contributed by atoms with Gasteiger partial charge in [0.15, 0.2) is 5.13 Å². The predicted octanol–water partition coefficient (Wildman–Crippen LogP) is 5.95. The Kier molecular flexibility index (Phi) is 6.89. The number of nitrogens with zero attached hydrogens (tertiary/aromatic N) is 5. The van der Waals surface area contributed by atoms with Crippen LogP contribution in [0, 0.1) is 17.1 Å². The highest BCUT2D eigenvalue weighted by Gasteiger charge is 2.31. The summed E-state index contributed by atoms with van der Waals surface area (Å²) >= 11 is 1.25. The monoisotopic (exact) mass is 586 g/mol. The molecule has 1 amide bonds. The molecule has 4 aromatic rings. The van der Waals surface area contributed by atoms with Crippen molar-refractivity contribution < 1.29 is 13.9 Å². The molecule has 11 heteroatoms. The van der Waals surface area contributed by atoms with Gasteiger partial charge in [-0.2, -0.15) is 5.26 Å². The fraction of sp³-hybridized carbons (Fsp3) is 0.355. The summed E-state index contributed by atoms with van der Waals surface area (Å²) in [6, 6.07) is 14.1. The van der Waals surface area contributed by atoms with Crippen LogP contribution in [0.1, 0.15) is 44.5 Å². The Labute approximate surface area is 246 Å². The van der Waals surface area contributed by atoms with Crippen LogP contribution < -0.4 is 20.7 Å². The number of benzene rings is 2. The van der Waals surface area contributed by atoms with Crippen molar-refractivity contribution in [3.8, 4) is 17.3 Å². The third kappa shape index (κ3) is 5.42. The third-order valence-corrected chi connectivity index (χ3v) is 8.43. The van der Waals surface area contributed by atoms with Gasteiger partial charge in [0.2, 0.25) is 0 Å². The standard InChI is InChI=1S/C31H31FN6O3S/c1-31(2,3)41-30(40)34-20-15-37(16-20)22-11-12-23-24(13-22)25(17-38(28(23)39)21-9-10-21)36(4)29-35-27(26(14-33)42-29)18-5-7-19(32)8-6-18/h5-8,11-13,17,20-21H,9-10,15-16H2,1-4H3,(H,34,40). The first-order valence-electron chi connectivity index (χ1n) is 13.8. The number of aromatic nitrogens is 2. The second kappa shape index (κ2) is 10.4. The predicted molar refractivity (Wildman–Crippen MR) is 162 cm³/mol. The van der Waals surface area contributed by atoms with Crippen LogP contribution in [0.4, 0.5) is 25.7 Å². The molecular formula is C31H31FN6O3S. The van der Waals surface area contributed by atoms with Crippen molar-refractivity contribution in [1.82, 2.24) is 14.9 Å². The Morgan fingerprint density at radius 1 is 1.17 bits per heavy atom. The first-order chi connectivity index (χ1) is 20.0. The molecule has 1 saturated heterocycles. The third-order valence-electron chi connectivity index (χ3n) is 7.40. The van der Waals surface area contributed by atoms with Gasteiger partial charge in [-0.15, -0.1) is 0 Å². The van der Waals surface area contributed by atoms with Gasteiger partial charge in [-0.05, 0) is 76.1 Å². The van der Waals surface area contributed by atoms with Crippen LogP contribution in [0.3, 0.4) is 0 Å². The number of carbonyl (C=O) groups excluding carboxylic acids is 1. The summed E-state index contributed by atoms with van der Waals surface area (Å²) in [6.45, 7) is 6.73. The van der Waals surface area contributed by atoms with Gasteiger partial charge in [0.25, 0.3) is 5.56 Å². The number of halogens is 1. The first kappa shape index (κ1) is 27.7. The van der Waals surface area contributed by atoms with Crippen LogP contribution in [0.2, 0.25) is 0 Å². The van der Waals surface area contributed by atoms with Crippen molar-refractivity contribution in [2.45, 2.75) is 51.3 Å². The van der Waals surface area contributed by atoms with Crippen LogP contribution in [-0.2, 0) is 4.74 Å². The van der Waals surface area contributed by atoms with Crippen LogP contribution >= 0.6 is 11.3 Å². The molecule has 2 aromatic carbocycles. The number of pyridine rings is 1. The fourth-order valence-corrected chi connectivity index (χ4v) is 5.97. The van der Waals surface area contributed by atoms with Crippen molar-refractivity contribution >= 4 is 44.7 Å². The number of nitrogens with one attached hydrogen (secondary N) is 1. The SMILES string of the molecule is CN(c1nc(-c2ccc(F)cc2)c(C#N)s1)c1cn(C2CC2)c(=O)c2ccc(N3CC(NC(=O)OC(C)(C)C)C3)cc12. The Balaban J connectivity index is 1.33. The smallest absolute Gasteiger partial charge is 0.407 e. The minimum absolute atomic E-state index is 0.0341. The van der Waals surface area contributed by atoms with E-state index in [2.05, 4.69) is 16.3 Å². The lowest BCUT2D eigenvalue weighted by atomic mass is 10.0. The van der Waals surface area contributed by atoms with Crippen molar-refractivity contribution in [3.05, 3.63) is 69.7 Å². The number of amides is 1. The van der Waals surface area contributed by atoms with Gasteiger partial charge in [-0.1, -0.05) is 11.3 Å². The summed E-state index contributed by atoms with van der Waals surface area (Å²) in [4.78, 5) is 34.9. The quantitative estimate of drug-likeness (QED) is 0.298. The molecule has 2 aliphatic rings. The molecule has 1 saturated carbocycles. The minimum atomic E-state index is -0.563. The van der Waals surface area contributed by atoms with Gasteiger partial charge in [-0.3, -0.25) is 4.79 Å². The molecule has 0 unspecified atom stereocenters. The number of fused-ring (bicyclic) bond motifs is 1. The number of nitriles is 1. The van der Waals surface area contributed by atoms with Crippen LogP contribution in [-0.4, -0.2) is 47.4 Å². The molecule has 2 fully saturated rings. The van der Waals surface area contributed by atoms with Crippen molar-refractivity contribution in [2.24, 2.45) is 0 Å². The zero-order chi connectivity index (χ0) is 29.8. The molecule has 2 aromatic heterocycles. The number of hydrogen-bond acceptors (Lipinski definition) is 8. The largest absolute Gasteiger partial charge is 0.444 e. The molecule has 1 aliphatic carbocycles. The summed E-state index contributed by atoms with van der Waals surface area (Å²) in [5.74, 6) is -0.358. The van der Waals surface area contributed by atoms with E-state index in [9.17, 15) is 19.2 Å². The van der Waals surface area contributed by atoms with Gasteiger partial charge in [-0.25, -0.2) is 14.2 Å². The van der Waals surface area contributed by atoms with E-state index in [1.807, 2.05) is 57.1 Å². The molecule has 0 spiro atoms. The highest BCUT2D eigenvalue weighted by Crippen LogP contribution is 2.40. The summed E-state index contributed by atoms with van der Waals surface area (Å²) < 4.78 is 20.7. The Hall–Kier alpha value is -4.43. The van der Waals surface area contributed by atoms with Gasteiger partial charge >= 0.3 is 6.09 Å². The number of anilines is 3. The fourth-order valence-electron chi connectivity index (χ4n) is 5.11. The number of rotatable bonds is 6. The van der Waals surface area contributed by atoms with E-state index in [1.54, 1.807) is 16.7 Å². The van der Waals surface area contributed by atoms with E-state index in [1.165, 1.54) is 23.5 Å². The maximum absolute atomic E-state index is 13.5. The first-order valence-corrected chi connectivity index (χ1v) is 14.7. The lowest BCUT2D eigenvalue weighted by molar-refractivity contribution is 0.0496. The van der Waals surface area contributed by atoms with E-state index < -0.39 is 11.7 Å². The molecule has 216 valence electrons. The van der Waals surface area contributed by atoms with Gasteiger partial charge in [0, 0.05) is 54.4 Å². The molecule has 0 atom stereocenters. The average Bonchev–Trinajstić information content (AvgIpc) is 3.67. The van der Waals surface area contributed by atoms with E-state index >= 15 is 0 Å². The molecule has 3 heterocycles. The van der Waals surface area contributed by atoms with Crippen LogP contribution in [0.15, 0.2) is 53.5 Å². The maximum Gasteiger partial charge on any atom is 0.407 e. The summed E-state index contributed by atoms with van der Waals surface area (Å²) in [7, 11) is 1.88. The van der Waals surface area contributed by atoms with Crippen molar-refractivity contribution in [2.75, 3.05) is 29.9 Å². The number of alkyl carbamates (subject to hydrolysis) is 1. The summed E-state index contributed by atoms with van der Waals surface area (Å²) in [5.41, 5.74) is 2.29. The Morgan fingerprint density at radius 2 is 1.88 bits per heavy atom. The second-order valence-electron chi connectivity index (χ2n) is 11.8. The summed E-state index contributed by atoms with van der Waals surface area (Å²) in [5, 5.41) is 14.7. The zero-order valence-electron chi connectivity index (χ0n) is 23.8.